The van der Waals surface area contributed by atoms with Crippen LogP contribution in [-0.4, -0.2) is 45.2 Å². The minimum absolute atomic E-state index is 0.108. The second kappa shape index (κ2) is 8.13. The second-order valence-electron chi connectivity index (χ2n) is 4.89. The van der Waals surface area contributed by atoms with E-state index in [1.165, 1.54) is 10.9 Å². The molecule has 2 amide bonds. The van der Waals surface area contributed by atoms with E-state index in [1.807, 2.05) is 0 Å². The van der Waals surface area contributed by atoms with E-state index in [4.69, 9.17) is 5.11 Å². The van der Waals surface area contributed by atoms with Crippen LogP contribution in [0.4, 0.5) is 4.79 Å². The quantitative estimate of drug-likeness (QED) is 0.609. The third kappa shape index (κ3) is 6.17. The molecule has 0 unspecified atom stereocenters. The topological polar surface area (TPSA) is 109 Å². The fourth-order valence-electron chi connectivity index (χ4n) is 1.56. The molecule has 0 fully saturated rings. The van der Waals surface area contributed by atoms with Crippen molar-refractivity contribution in [3.8, 4) is 0 Å². The molecule has 112 valence electrons. The second-order valence-corrected chi connectivity index (χ2v) is 4.89. The van der Waals surface area contributed by atoms with Crippen molar-refractivity contribution in [1.82, 2.24) is 25.6 Å². The summed E-state index contributed by atoms with van der Waals surface area (Å²) >= 11 is 0. The van der Waals surface area contributed by atoms with Crippen LogP contribution >= 0.6 is 0 Å². The molecular weight excluding hydrogens is 262 g/mol. The molecule has 1 heterocycles. The minimum atomic E-state index is -1.12. The first-order valence-electron chi connectivity index (χ1n) is 6.64. The third-order valence-electron chi connectivity index (χ3n) is 2.63. The van der Waals surface area contributed by atoms with E-state index in [9.17, 15) is 9.59 Å². The molecule has 0 aliphatic rings. The first kappa shape index (κ1) is 15.9. The van der Waals surface area contributed by atoms with E-state index < -0.39 is 5.97 Å². The number of amides is 2. The van der Waals surface area contributed by atoms with E-state index in [-0.39, 0.29) is 11.7 Å². The van der Waals surface area contributed by atoms with E-state index in [0.717, 1.165) is 12.8 Å². The average Bonchev–Trinajstić information content (AvgIpc) is 2.83. The van der Waals surface area contributed by atoms with Gasteiger partial charge in [-0.3, -0.25) is 0 Å². The molecule has 0 radical (unpaired) electrons. The largest absolute Gasteiger partial charge is 0.476 e. The summed E-state index contributed by atoms with van der Waals surface area (Å²) in [5.74, 6) is -0.484. The van der Waals surface area contributed by atoms with Crippen molar-refractivity contribution in [1.29, 1.82) is 0 Å². The maximum absolute atomic E-state index is 11.4. The predicted octanol–water partition coefficient (Wildman–Crippen LogP) is 0.712. The summed E-state index contributed by atoms with van der Waals surface area (Å²) < 4.78 is 1.38. The van der Waals surface area contributed by atoms with E-state index in [0.29, 0.717) is 25.6 Å². The van der Waals surface area contributed by atoms with Crippen LogP contribution < -0.4 is 10.6 Å². The van der Waals surface area contributed by atoms with Crippen molar-refractivity contribution >= 4 is 12.0 Å². The highest BCUT2D eigenvalue weighted by Gasteiger charge is 2.08. The van der Waals surface area contributed by atoms with Crippen molar-refractivity contribution in [2.45, 2.75) is 33.2 Å². The highest BCUT2D eigenvalue weighted by molar-refractivity contribution is 5.84. The summed E-state index contributed by atoms with van der Waals surface area (Å²) in [5, 5.41) is 21.2. The Morgan fingerprint density at radius 3 is 2.65 bits per heavy atom. The first-order chi connectivity index (χ1) is 9.49. The molecule has 0 saturated carbocycles. The van der Waals surface area contributed by atoms with Crippen LogP contribution in [0.25, 0.3) is 0 Å². The summed E-state index contributed by atoms with van der Waals surface area (Å²) in [4.78, 5) is 22.0. The van der Waals surface area contributed by atoms with Gasteiger partial charge in [-0.15, -0.1) is 5.10 Å². The summed E-state index contributed by atoms with van der Waals surface area (Å²) in [6.45, 7) is 5.67. The summed E-state index contributed by atoms with van der Waals surface area (Å²) in [7, 11) is 0. The van der Waals surface area contributed by atoms with E-state index in [2.05, 4.69) is 34.8 Å². The van der Waals surface area contributed by atoms with Gasteiger partial charge in [0.1, 0.15) is 0 Å². The smallest absolute Gasteiger partial charge is 0.358 e. The Hall–Kier alpha value is -2.12. The SMILES string of the molecule is CC(C)CCCNC(=O)NCCn1cc(C(=O)O)nn1. The lowest BCUT2D eigenvalue weighted by Crippen LogP contribution is -2.37. The number of carbonyl (C=O) groups is 2. The normalized spacial score (nSPS) is 10.6. The fourth-order valence-corrected chi connectivity index (χ4v) is 1.56. The molecule has 8 heteroatoms. The van der Waals surface area contributed by atoms with Gasteiger partial charge in [-0.25, -0.2) is 14.3 Å². The average molecular weight is 283 g/mol. The van der Waals surface area contributed by atoms with Crippen LogP contribution in [0.15, 0.2) is 6.20 Å². The molecule has 0 aliphatic carbocycles. The standard InChI is InChI=1S/C12H21N5O3/c1-9(2)4-3-5-13-12(20)14-6-7-17-8-10(11(18)19)15-16-17/h8-9H,3-7H2,1-2H3,(H,18,19)(H2,13,14,20). The van der Waals surface area contributed by atoms with Gasteiger partial charge in [0, 0.05) is 13.1 Å². The Bertz CT molecular complexity index is 444. The number of urea groups is 1. The lowest BCUT2D eigenvalue weighted by atomic mass is 10.1. The monoisotopic (exact) mass is 283 g/mol. The van der Waals surface area contributed by atoms with Crippen LogP contribution in [0.3, 0.4) is 0 Å². The number of aromatic nitrogens is 3. The van der Waals surface area contributed by atoms with Crippen LogP contribution in [0, 0.1) is 5.92 Å². The summed E-state index contributed by atoms with van der Waals surface area (Å²) in [5.41, 5.74) is -0.108. The predicted molar refractivity (Wildman–Crippen MR) is 72.5 cm³/mol. The van der Waals surface area contributed by atoms with Crippen molar-refractivity contribution in [2.24, 2.45) is 5.92 Å². The molecule has 1 aromatic heterocycles. The van der Waals surface area contributed by atoms with Gasteiger partial charge in [0.05, 0.1) is 12.7 Å². The number of carboxylic acid groups (broad SMARTS) is 1. The zero-order chi connectivity index (χ0) is 15.0. The van der Waals surface area contributed by atoms with Crippen LogP contribution in [0.1, 0.15) is 37.2 Å². The maximum atomic E-state index is 11.4. The number of nitrogens with one attached hydrogen (secondary N) is 2. The van der Waals surface area contributed by atoms with Gasteiger partial charge in [-0.05, 0) is 18.8 Å². The molecule has 0 spiro atoms. The Morgan fingerprint density at radius 2 is 2.05 bits per heavy atom. The van der Waals surface area contributed by atoms with Crippen molar-refractivity contribution in [2.75, 3.05) is 13.1 Å². The van der Waals surface area contributed by atoms with Gasteiger partial charge >= 0.3 is 12.0 Å². The van der Waals surface area contributed by atoms with E-state index in [1.54, 1.807) is 0 Å². The molecule has 0 aromatic carbocycles. The Kier molecular flexibility index (Phi) is 6.48. The molecule has 1 rings (SSSR count). The molecule has 3 N–H and O–H groups in total. The minimum Gasteiger partial charge on any atom is -0.476 e. The van der Waals surface area contributed by atoms with Gasteiger partial charge in [-0.2, -0.15) is 0 Å². The zero-order valence-electron chi connectivity index (χ0n) is 11.8. The van der Waals surface area contributed by atoms with Crippen molar-refractivity contribution < 1.29 is 14.7 Å². The number of hydrogen-bond donors (Lipinski definition) is 3. The fraction of sp³-hybridized carbons (Fsp3) is 0.667. The molecule has 0 bridgehead atoms. The number of carbonyl (C=O) groups excluding carboxylic acids is 1. The molecule has 0 aliphatic heterocycles. The Labute approximate surface area is 117 Å². The highest BCUT2D eigenvalue weighted by Crippen LogP contribution is 2.01. The van der Waals surface area contributed by atoms with Gasteiger partial charge < -0.3 is 15.7 Å². The Morgan fingerprint density at radius 1 is 1.35 bits per heavy atom. The maximum Gasteiger partial charge on any atom is 0.358 e. The molecule has 20 heavy (non-hydrogen) atoms. The van der Waals surface area contributed by atoms with Crippen LogP contribution in [0.5, 0.6) is 0 Å². The molecular formula is C12H21N5O3. The first-order valence-corrected chi connectivity index (χ1v) is 6.64. The summed E-state index contributed by atoms with van der Waals surface area (Å²) in [6, 6.07) is -0.229. The lowest BCUT2D eigenvalue weighted by Gasteiger charge is -2.08. The van der Waals surface area contributed by atoms with Gasteiger partial charge in [0.2, 0.25) is 0 Å². The van der Waals surface area contributed by atoms with Crippen molar-refractivity contribution in [3.63, 3.8) is 0 Å². The molecule has 0 atom stereocenters. The van der Waals surface area contributed by atoms with Gasteiger partial charge in [-0.1, -0.05) is 19.1 Å². The highest BCUT2D eigenvalue weighted by atomic mass is 16.4. The number of rotatable bonds is 8. The van der Waals surface area contributed by atoms with Gasteiger partial charge in [0.15, 0.2) is 5.69 Å². The zero-order valence-corrected chi connectivity index (χ0v) is 11.8. The van der Waals surface area contributed by atoms with Crippen molar-refractivity contribution in [3.05, 3.63) is 11.9 Å². The van der Waals surface area contributed by atoms with Crippen LogP contribution in [-0.2, 0) is 6.54 Å². The number of carboxylic acids is 1. The lowest BCUT2D eigenvalue weighted by molar-refractivity contribution is 0.0690. The summed E-state index contributed by atoms with van der Waals surface area (Å²) in [6.07, 6.45) is 3.36. The molecule has 1 aromatic rings. The van der Waals surface area contributed by atoms with Gasteiger partial charge in [0.25, 0.3) is 0 Å². The third-order valence-corrected chi connectivity index (χ3v) is 2.63. The van der Waals surface area contributed by atoms with Crippen LogP contribution in [0.2, 0.25) is 0 Å². The number of nitrogens with zero attached hydrogens (tertiary/aromatic N) is 3. The molecule has 8 nitrogen and oxygen atoms in total. The molecule has 0 saturated heterocycles. The van der Waals surface area contributed by atoms with E-state index >= 15 is 0 Å². The number of aromatic carboxylic acids is 1. The Balaban J connectivity index is 2.13. The number of hydrogen-bond acceptors (Lipinski definition) is 4.